The van der Waals surface area contributed by atoms with Crippen molar-refractivity contribution in [3.05, 3.63) is 95.1 Å². The molecule has 1 N–H and O–H groups in total. The summed E-state index contributed by atoms with van der Waals surface area (Å²) in [4.78, 5) is 56.9. The van der Waals surface area contributed by atoms with Gasteiger partial charge in [-0.3, -0.25) is 29.0 Å². The van der Waals surface area contributed by atoms with Crippen molar-refractivity contribution in [1.82, 2.24) is 20.0 Å². The maximum Gasteiger partial charge on any atom is 0.261 e. The highest BCUT2D eigenvalue weighted by Gasteiger charge is 2.33. The fourth-order valence-corrected chi connectivity index (χ4v) is 5.74. The Bertz CT molecular complexity index is 1580. The van der Waals surface area contributed by atoms with Crippen molar-refractivity contribution in [3.8, 4) is 0 Å². The topological polar surface area (TPSA) is 90.0 Å². The summed E-state index contributed by atoms with van der Waals surface area (Å²) in [5.41, 5.74) is 2.29. The smallest absolute Gasteiger partial charge is 0.261 e. The minimum absolute atomic E-state index is 0.245. The molecule has 0 radical (unpaired) electrons. The number of nitrogens with zero attached hydrogens (tertiary/aromatic N) is 3. The number of hydrogen-bond donors (Lipinski definition) is 1. The summed E-state index contributed by atoms with van der Waals surface area (Å²) in [6.07, 6.45) is 0.838. The number of amides is 4. The zero-order chi connectivity index (χ0) is 31.8. The van der Waals surface area contributed by atoms with Crippen molar-refractivity contribution in [1.29, 1.82) is 0 Å². The van der Waals surface area contributed by atoms with Crippen LogP contribution in [0.25, 0.3) is 21.5 Å². The third kappa shape index (κ3) is 6.27. The van der Waals surface area contributed by atoms with Crippen LogP contribution in [-0.2, 0) is 0 Å². The molecule has 4 amide bonds. The standard InChI is InChI=1S/C32H30N4O4.2C2H6/c1-34(19-20-36-31(39)25-13-4-9-22-10-5-14-26(28(22)25)32(36)40)17-6-15-33-16-18-35-29(37)23-11-2-7-21-8-3-12-24(27(21)23)30(35)38;2*1-2/h2-5,7-14,33H,6,15-20H2,1H3;2*1-2H3. The van der Waals surface area contributed by atoms with E-state index < -0.39 is 0 Å². The van der Waals surface area contributed by atoms with Gasteiger partial charge in [0.2, 0.25) is 0 Å². The lowest BCUT2D eigenvalue weighted by molar-refractivity contribution is 0.0589. The first-order chi connectivity index (χ1) is 21.5. The van der Waals surface area contributed by atoms with Crippen LogP contribution >= 0.6 is 0 Å². The fourth-order valence-electron chi connectivity index (χ4n) is 5.74. The van der Waals surface area contributed by atoms with Crippen LogP contribution in [-0.4, -0.2) is 84.6 Å². The van der Waals surface area contributed by atoms with Gasteiger partial charge in [-0.05, 0) is 61.6 Å². The van der Waals surface area contributed by atoms with E-state index in [9.17, 15) is 19.2 Å². The summed E-state index contributed by atoms with van der Waals surface area (Å²) in [5.74, 6) is -0.997. The van der Waals surface area contributed by atoms with Gasteiger partial charge in [-0.15, -0.1) is 0 Å². The summed E-state index contributed by atoms with van der Waals surface area (Å²) in [7, 11) is 1.97. The lowest BCUT2D eigenvalue weighted by Gasteiger charge is -2.29. The predicted octanol–water partition coefficient (Wildman–Crippen LogP) is 5.85. The SMILES string of the molecule is CC.CC.CN(CCCNCCN1C(=O)c2cccc3cccc(c23)C1=O)CCN1C(=O)c2cccc3cccc(c23)C1=O. The molecule has 0 aromatic heterocycles. The maximum absolute atomic E-state index is 13.1. The van der Waals surface area contributed by atoms with Gasteiger partial charge in [-0.1, -0.05) is 76.2 Å². The van der Waals surface area contributed by atoms with E-state index in [1.807, 2.05) is 83.3 Å². The second-order valence-corrected chi connectivity index (χ2v) is 10.3. The first-order valence-corrected chi connectivity index (χ1v) is 15.6. The Morgan fingerprint density at radius 2 is 0.932 bits per heavy atom. The Morgan fingerprint density at radius 3 is 1.34 bits per heavy atom. The first kappa shape index (κ1) is 32.5. The summed E-state index contributed by atoms with van der Waals surface area (Å²) in [6.45, 7) is 11.2. The highest BCUT2D eigenvalue weighted by atomic mass is 16.2. The normalized spacial score (nSPS) is 13.7. The molecular formula is C36H42N4O4. The first-order valence-electron chi connectivity index (χ1n) is 15.6. The number of likely N-dealkylation sites (N-methyl/N-ethyl adjacent to an activating group) is 1. The molecule has 0 bridgehead atoms. The van der Waals surface area contributed by atoms with Gasteiger partial charge in [-0.2, -0.15) is 0 Å². The van der Waals surface area contributed by atoms with Gasteiger partial charge in [0.05, 0.1) is 0 Å². The van der Waals surface area contributed by atoms with Crippen LogP contribution in [0.5, 0.6) is 0 Å². The third-order valence-electron chi connectivity index (χ3n) is 7.82. The molecule has 2 heterocycles. The molecular weight excluding hydrogens is 552 g/mol. The van der Waals surface area contributed by atoms with E-state index in [1.165, 1.54) is 9.80 Å². The van der Waals surface area contributed by atoms with Crippen LogP contribution in [0.2, 0.25) is 0 Å². The van der Waals surface area contributed by atoms with Gasteiger partial charge < -0.3 is 10.2 Å². The monoisotopic (exact) mass is 594 g/mol. The highest BCUT2D eigenvalue weighted by molar-refractivity contribution is 6.26. The number of nitrogens with one attached hydrogen (secondary N) is 1. The van der Waals surface area contributed by atoms with Crippen LogP contribution in [0, 0.1) is 0 Å². The Hall–Kier alpha value is -4.40. The molecule has 0 fully saturated rings. The van der Waals surface area contributed by atoms with Crippen LogP contribution in [0.4, 0.5) is 0 Å². The molecule has 44 heavy (non-hydrogen) atoms. The molecule has 4 aromatic rings. The van der Waals surface area contributed by atoms with E-state index in [4.69, 9.17) is 0 Å². The predicted molar refractivity (Wildman–Crippen MR) is 176 cm³/mol. The van der Waals surface area contributed by atoms with Gasteiger partial charge in [0.1, 0.15) is 0 Å². The molecule has 6 rings (SSSR count). The minimum atomic E-state index is -0.253. The number of rotatable bonds is 10. The zero-order valence-corrected chi connectivity index (χ0v) is 26.4. The number of carbonyl (C=O) groups excluding carboxylic acids is 4. The maximum atomic E-state index is 13.1. The van der Waals surface area contributed by atoms with E-state index in [-0.39, 0.29) is 23.6 Å². The van der Waals surface area contributed by atoms with Gasteiger partial charge in [0.15, 0.2) is 0 Å². The number of carbonyl (C=O) groups is 4. The molecule has 2 aliphatic rings. The van der Waals surface area contributed by atoms with Gasteiger partial charge in [0, 0.05) is 59.2 Å². The van der Waals surface area contributed by atoms with Crippen molar-refractivity contribution in [2.45, 2.75) is 34.1 Å². The average Bonchev–Trinajstić information content (AvgIpc) is 3.07. The molecule has 0 aliphatic carbocycles. The highest BCUT2D eigenvalue weighted by Crippen LogP contribution is 2.31. The molecule has 0 spiro atoms. The van der Waals surface area contributed by atoms with E-state index in [2.05, 4.69) is 10.2 Å². The Morgan fingerprint density at radius 1 is 0.545 bits per heavy atom. The zero-order valence-electron chi connectivity index (χ0n) is 26.4. The van der Waals surface area contributed by atoms with E-state index in [0.29, 0.717) is 55.0 Å². The lowest BCUT2D eigenvalue weighted by atomic mass is 9.94. The molecule has 8 heteroatoms. The lowest BCUT2D eigenvalue weighted by Crippen LogP contribution is -2.44. The molecule has 0 atom stereocenters. The van der Waals surface area contributed by atoms with Crippen LogP contribution in [0.1, 0.15) is 75.5 Å². The second-order valence-electron chi connectivity index (χ2n) is 10.3. The summed E-state index contributed by atoms with van der Waals surface area (Å²) < 4.78 is 0. The van der Waals surface area contributed by atoms with Gasteiger partial charge in [-0.25, -0.2) is 0 Å². The second kappa shape index (κ2) is 14.9. The van der Waals surface area contributed by atoms with Crippen molar-refractivity contribution in [2.75, 3.05) is 46.3 Å². The van der Waals surface area contributed by atoms with Crippen LogP contribution in [0.15, 0.2) is 72.8 Å². The number of benzene rings is 4. The summed E-state index contributed by atoms with van der Waals surface area (Å²) in [6, 6.07) is 22.2. The number of imide groups is 2. The Balaban J connectivity index is 0.00000106. The fraction of sp³-hybridized carbons (Fsp3) is 0.333. The van der Waals surface area contributed by atoms with E-state index in [0.717, 1.165) is 34.5 Å². The number of hydrogen-bond acceptors (Lipinski definition) is 6. The molecule has 2 aliphatic heterocycles. The summed E-state index contributed by atoms with van der Waals surface area (Å²) in [5, 5.41) is 6.60. The summed E-state index contributed by atoms with van der Waals surface area (Å²) >= 11 is 0. The molecule has 4 aromatic carbocycles. The van der Waals surface area contributed by atoms with Crippen LogP contribution < -0.4 is 5.32 Å². The molecule has 8 nitrogen and oxygen atoms in total. The quantitative estimate of drug-likeness (QED) is 0.183. The van der Waals surface area contributed by atoms with Crippen molar-refractivity contribution in [2.24, 2.45) is 0 Å². The van der Waals surface area contributed by atoms with Gasteiger partial charge >= 0.3 is 0 Å². The van der Waals surface area contributed by atoms with E-state index in [1.54, 1.807) is 24.3 Å². The van der Waals surface area contributed by atoms with Crippen molar-refractivity contribution < 1.29 is 19.2 Å². The third-order valence-corrected chi connectivity index (χ3v) is 7.82. The Labute approximate surface area is 259 Å². The largest absolute Gasteiger partial charge is 0.315 e. The van der Waals surface area contributed by atoms with E-state index >= 15 is 0 Å². The van der Waals surface area contributed by atoms with Crippen molar-refractivity contribution >= 4 is 45.2 Å². The molecule has 0 saturated carbocycles. The molecule has 230 valence electrons. The van der Waals surface area contributed by atoms with Gasteiger partial charge in [0.25, 0.3) is 23.6 Å². The molecule has 0 saturated heterocycles. The minimum Gasteiger partial charge on any atom is -0.315 e. The van der Waals surface area contributed by atoms with Crippen molar-refractivity contribution in [3.63, 3.8) is 0 Å². The van der Waals surface area contributed by atoms with Crippen LogP contribution in [0.3, 0.4) is 0 Å². The molecule has 0 unspecified atom stereocenters. The Kier molecular flexibility index (Phi) is 11.0. The average molecular weight is 595 g/mol.